The van der Waals surface area contributed by atoms with Crippen LogP contribution in [0, 0.1) is 0 Å². The molecule has 0 aliphatic carbocycles. The number of nitrogen functional groups attached to an aromatic ring is 1. The Morgan fingerprint density at radius 2 is 1.32 bits per heavy atom. The molecular weight excluding hydrogens is 454 g/mol. The molecule has 0 unspecified atom stereocenters. The summed E-state index contributed by atoms with van der Waals surface area (Å²) in [5.41, 5.74) is 8.47. The first-order valence-electron chi connectivity index (χ1n) is 11.1. The fourth-order valence-corrected chi connectivity index (χ4v) is 5.38. The highest BCUT2D eigenvalue weighted by Gasteiger charge is 2.29. The number of hydrogen-bond donors (Lipinski definition) is 4. The zero-order valence-corrected chi connectivity index (χ0v) is 21.1. The topological polar surface area (TPSA) is 138 Å². The van der Waals surface area contributed by atoms with Gasteiger partial charge in [0.15, 0.2) is 0 Å². The number of nitrogens with two attached hydrogens (primary N) is 1. The monoisotopic (exact) mass is 487 g/mol. The maximum absolute atomic E-state index is 12.2. The summed E-state index contributed by atoms with van der Waals surface area (Å²) in [5, 5.41) is 19.0. The first-order chi connectivity index (χ1) is 15.7. The van der Waals surface area contributed by atoms with Gasteiger partial charge in [0.05, 0.1) is 0 Å². The van der Waals surface area contributed by atoms with Gasteiger partial charge in [-0.25, -0.2) is 4.79 Å². The summed E-state index contributed by atoms with van der Waals surface area (Å²) in [4.78, 5) is 10.4. The summed E-state index contributed by atoms with van der Waals surface area (Å²) in [6.45, 7) is 12.4. The SMILES string of the molecule is CC(C)c1c(C(C)C)c(S(=O)(=O)O)c2ccccc2c1C(C)C.Nc1ccc(C(=O)O)c(O)c1. The Morgan fingerprint density at radius 1 is 0.824 bits per heavy atom. The number of benzene rings is 3. The maximum Gasteiger partial charge on any atom is 0.339 e. The normalized spacial score (nSPS) is 11.7. The third-order valence-electron chi connectivity index (χ3n) is 5.53. The van der Waals surface area contributed by atoms with Crippen LogP contribution in [0.5, 0.6) is 5.75 Å². The molecule has 0 saturated carbocycles. The van der Waals surface area contributed by atoms with Crippen molar-refractivity contribution in [3.05, 3.63) is 64.7 Å². The second kappa shape index (κ2) is 10.4. The quantitative estimate of drug-likeness (QED) is 0.251. The van der Waals surface area contributed by atoms with Gasteiger partial charge in [0, 0.05) is 17.1 Å². The number of carboxylic acids is 1. The summed E-state index contributed by atoms with van der Waals surface area (Å²) >= 11 is 0. The van der Waals surface area contributed by atoms with Crippen LogP contribution in [0.1, 0.15) is 86.3 Å². The van der Waals surface area contributed by atoms with Crippen molar-refractivity contribution in [3.63, 3.8) is 0 Å². The summed E-state index contributed by atoms with van der Waals surface area (Å²) in [7, 11) is -4.30. The minimum absolute atomic E-state index is 0.00595. The molecule has 3 rings (SSSR count). The molecule has 5 N–H and O–H groups in total. The standard InChI is InChI=1S/C19H26O3S.C7H7NO3/c1-11(2)16-14-9-7-8-10-15(14)19(23(20,21)22)18(13(5)6)17(16)12(3)4;8-4-1-2-5(7(10)11)6(9)3-4/h7-13H,1-6H3,(H,20,21,22);1-3,9H,8H2,(H,10,11). The number of aromatic carboxylic acids is 1. The first kappa shape index (κ1) is 27.1. The van der Waals surface area contributed by atoms with Gasteiger partial charge in [-0.05, 0) is 52.0 Å². The van der Waals surface area contributed by atoms with E-state index in [0.717, 1.165) is 16.5 Å². The van der Waals surface area contributed by atoms with Crippen molar-refractivity contribution in [3.8, 4) is 5.75 Å². The zero-order valence-electron chi connectivity index (χ0n) is 20.3. The van der Waals surface area contributed by atoms with Crippen LogP contribution in [0.25, 0.3) is 10.8 Å². The van der Waals surface area contributed by atoms with Crippen molar-refractivity contribution >= 4 is 32.5 Å². The third-order valence-corrected chi connectivity index (χ3v) is 6.48. The van der Waals surface area contributed by atoms with Crippen LogP contribution in [-0.4, -0.2) is 29.2 Å². The fraction of sp³-hybridized carbons (Fsp3) is 0.346. The third kappa shape index (κ3) is 5.69. The lowest BCUT2D eigenvalue weighted by atomic mass is 9.80. The molecule has 0 aliphatic heterocycles. The molecule has 0 aromatic heterocycles. The molecule has 184 valence electrons. The molecule has 3 aromatic rings. The van der Waals surface area contributed by atoms with E-state index in [1.54, 1.807) is 6.07 Å². The molecule has 0 saturated heterocycles. The van der Waals surface area contributed by atoms with Crippen molar-refractivity contribution < 1.29 is 28.0 Å². The highest BCUT2D eigenvalue weighted by atomic mass is 32.2. The van der Waals surface area contributed by atoms with E-state index < -0.39 is 16.1 Å². The van der Waals surface area contributed by atoms with E-state index in [1.807, 2.05) is 32.0 Å². The van der Waals surface area contributed by atoms with E-state index >= 15 is 0 Å². The molecule has 0 bridgehead atoms. The molecule has 0 atom stereocenters. The Balaban J connectivity index is 0.000000310. The van der Waals surface area contributed by atoms with Gasteiger partial charge in [-0.2, -0.15) is 8.42 Å². The summed E-state index contributed by atoms with van der Waals surface area (Å²) < 4.78 is 34.3. The smallest absolute Gasteiger partial charge is 0.339 e. The highest BCUT2D eigenvalue weighted by Crippen LogP contribution is 2.43. The molecule has 0 heterocycles. The van der Waals surface area contributed by atoms with E-state index in [9.17, 15) is 17.8 Å². The van der Waals surface area contributed by atoms with Gasteiger partial charge in [0.1, 0.15) is 16.2 Å². The van der Waals surface area contributed by atoms with Crippen LogP contribution in [0.2, 0.25) is 0 Å². The van der Waals surface area contributed by atoms with Gasteiger partial charge >= 0.3 is 5.97 Å². The van der Waals surface area contributed by atoms with Crippen LogP contribution >= 0.6 is 0 Å². The largest absolute Gasteiger partial charge is 0.507 e. The second-order valence-electron chi connectivity index (χ2n) is 9.14. The Labute approximate surface area is 201 Å². The number of aromatic hydroxyl groups is 1. The number of fused-ring (bicyclic) bond motifs is 1. The molecule has 0 spiro atoms. The van der Waals surface area contributed by atoms with Gasteiger partial charge in [0.2, 0.25) is 0 Å². The number of anilines is 1. The molecular formula is C26H33NO6S. The lowest BCUT2D eigenvalue weighted by Gasteiger charge is -2.27. The summed E-state index contributed by atoms with van der Waals surface area (Å²) in [6.07, 6.45) is 0. The van der Waals surface area contributed by atoms with Crippen LogP contribution in [0.3, 0.4) is 0 Å². The van der Waals surface area contributed by atoms with Gasteiger partial charge in [-0.15, -0.1) is 0 Å². The van der Waals surface area contributed by atoms with Crippen LogP contribution in [0.15, 0.2) is 47.4 Å². The van der Waals surface area contributed by atoms with E-state index in [2.05, 4.69) is 27.7 Å². The number of phenols is 1. The van der Waals surface area contributed by atoms with Crippen LogP contribution in [0.4, 0.5) is 5.69 Å². The van der Waals surface area contributed by atoms with Crippen molar-refractivity contribution in [2.24, 2.45) is 0 Å². The number of hydrogen-bond acceptors (Lipinski definition) is 5. The van der Waals surface area contributed by atoms with Gasteiger partial charge in [-0.3, -0.25) is 4.55 Å². The summed E-state index contributed by atoms with van der Waals surface area (Å²) in [5.74, 6) is -1.02. The Morgan fingerprint density at radius 3 is 1.74 bits per heavy atom. The predicted octanol–water partition coefficient (Wildman–Crippen LogP) is 6.13. The van der Waals surface area contributed by atoms with E-state index in [0.29, 0.717) is 11.1 Å². The average molecular weight is 488 g/mol. The van der Waals surface area contributed by atoms with Gasteiger partial charge in [0.25, 0.3) is 10.1 Å². The lowest BCUT2D eigenvalue weighted by Crippen LogP contribution is -2.13. The molecule has 7 nitrogen and oxygen atoms in total. The predicted molar refractivity (Wildman–Crippen MR) is 136 cm³/mol. The lowest BCUT2D eigenvalue weighted by molar-refractivity contribution is 0.0693. The molecule has 0 fully saturated rings. The number of carbonyl (C=O) groups is 1. The second-order valence-corrected chi connectivity index (χ2v) is 10.5. The van der Waals surface area contributed by atoms with Crippen molar-refractivity contribution in [2.75, 3.05) is 5.73 Å². The molecule has 0 amide bonds. The first-order valence-corrected chi connectivity index (χ1v) is 12.5. The highest BCUT2D eigenvalue weighted by molar-refractivity contribution is 7.86. The number of rotatable bonds is 5. The fourth-order valence-electron chi connectivity index (χ4n) is 4.30. The molecule has 3 aromatic carbocycles. The molecule has 8 heteroatoms. The van der Waals surface area contributed by atoms with Crippen molar-refractivity contribution in [2.45, 2.75) is 64.2 Å². The minimum Gasteiger partial charge on any atom is -0.507 e. The molecule has 0 radical (unpaired) electrons. The Bertz CT molecular complexity index is 1310. The maximum atomic E-state index is 12.2. The van der Waals surface area contributed by atoms with E-state index in [-0.39, 0.29) is 34.0 Å². The van der Waals surface area contributed by atoms with Crippen LogP contribution < -0.4 is 5.73 Å². The molecule has 34 heavy (non-hydrogen) atoms. The minimum atomic E-state index is -4.30. The van der Waals surface area contributed by atoms with E-state index in [4.69, 9.17) is 15.9 Å². The van der Waals surface area contributed by atoms with Crippen LogP contribution in [-0.2, 0) is 10.1 Å². The van der Waals surface area contributed by atoms with Crippen molar-refractivity contribution in [1.82, 2.24) is 0 Å². The Hall–Kier alpha value is -3.10. The van der Waals surface area contributed by atoms with Crippen molar-refractivity contribution in [1.29, 1.82) is 0 Å². The van der Waals surface area contributed by atoms with Gasteiger partial charge in [-0.1, -0.05) is 65.8 Å². The van der Waals surface area contributed by atoms with E-state index in [1.165, 1.54) is 23.8 Å². The average Bonchev–Trinajstić information content (AvgIpc) is 2.70. The Kier molecular flexibility index (Phi) is 8.34. The number of carboxylic acid groups (broad SMARTS) is 1. The van der Waals surface area contributed by atoms with Gasteiger partial charge < -0.3 is 15.9 Å². The molecule has 0 aliphatic rings. The summed E-state index contributed by atoms with van der Waals surface area (Å²) in [6, 6.07) is 11.4. The zero-order chi connectivity index (χ0) is 26.0.